The molecule has 0 nitrogen and oxygen atoms in total. The van der Waals surface area contributed by atoms with Crippen molar-refractivity contribution in [3.63, 3.8) is 0 Å². The molecule has 76 valence electrons. The molecule has 0 amide bonds. The zero-order valence-corrected chi connectivity index (χ0v) is 8.83. The van der Waals surface area contributed by atoms with E-state index in [1.807, 2.05) is 37.3 Å². The van der Waals surface area contributed by atoms with Crippen molar-refractivity contribution >= 4 is 6.08 Å². The Labute approximate surface area is 85.5 Å². The summed E-state index contributed by atoms with van der Waals surface area (Å²) >= 11 is 0. The van der Waals surface area contributed by atoms with E-state index in [-0.39, 0.29) is 11.7 Å². The van der Waals surface area contributed by atoms with Gasteiger partial charge < -0.3 is 0 Å². The summed E-state index contributed by atoms with van der Waals surface area (Å²) in [7, 11) is 0. The summed E-state index contributed by atoms with van der Waals surface area (Å²) in [6.45, 7) is 4.00. The lowest BCUT2D eigenvalue weighted by Gasteiger charge is -2.06. The van der Waals surface area contributed by atoms with Gasteiger partial charge in [0.2, 0.25) is 0 Å². The van der Waals surface area contributed by atoms with E-state index in [1.54, 1.807) is 6.08 Å². The van der Waals surface area contributed by atoms with Crippen LogP contribution in [-0.2, 0) is 0 Å². The van der Waals surface area contributed by atoms with Gasteiger partial charge in [0.1, 0.15) is 5.83 Å². The van der Waals surface area contributed by atoms with Crippen molar-refractivity contribution in [2.24, 2.45) is 5.92 Å². The van der Waals surface area contributed by atoms with Crippen LogP contribution >= 0.6 is 0 Å². The maximum Gasteiger partial charge on any atom is 0.103 e. The molecule has 0 aromatic heterocycles. The molecule has 1 atom stereocenters. The highest BCUT2D eigenvalue weighted by atomic mass is 19.1. The minimum atomic E-state index is -0.0157. The SMILES string of the molecule is CCCC(C)/C(F)=C/c1ccccc1. The van der Waals surface area contributed by atoms with Gasteiger partial charge in [0.05, 0.1) is 0 Å². The maximum atomic E-state index is 13.5. The van der Waals surface area contributed by atoms with Gasteiger partial charge in [-0.2, -0.15) is 0 Å². The van der Waals surface area contributed by atoms with E-state index in [9.17, 15) is 4.39 Å². The zero-order chi connectivity index (χ0) is 10.4. The minimum Gasteiger partial charge on any atom is -0.212 e. The van der Waals surface area contributed by atoms with Gasteiger partial charge >= 0.3 is 0 Å². The summed E-state index contributed by atoms with van der Waals surface area (Å²) in [5.74, 6) is 0.0262. The van der Waals surface area contributed by atoms with Gasteiger partial charge in [-0.25, -0.2) is 4.39 Å². The van der Waals surface area contributed by atoms with Crippen LogP contribution in [0.1, 0.15) is 32.3 Å². The predicted molar refractivity (Wildman–Crippen MR) is 59.6 cm³/mol. The van der Waals surface area contributed by atoms with E-state index in [4.69, 9.17) is 0 Å². The zero-order valence-electron chi connectivity index (χ0n) is 8.83. The molecule has 0 spiro atoms. The Morgan fingerprint density at radius 2 is 2.00 bits per heavy atom. The number of hydrogen-bond donors (Lipinski definition) is 0. The Morgan fingerprint density at radius 1 is 1.36 bits per heavy atom. The van der Waals surface area contributed by atoms with Crippen LogP contribution in [0.3, 0.4) is 0 Å². The summed E-state index contributed by atoms with van der Waals surface area (Å²) in [6, 6.07) is 9.61. The van der Waals surface area contributed by atoms with E-state index in [2.05, 4.69) is 6.92 Å². The lowest BCUT2D eigenvalue weighted by atomic mass is 10.0. The first kappa shape index (κ1) is 11.0. The molecule has 0 saturated carbocycles. The first-order valence-electron chi connectivity index (χ1n) is 5.16. The first-order valence-corrected chi connectivity index (χ1v) is 5.16. The van der Waals surface area contributed by atoms with Crippen LogP contribution in [0.5, 0.6) is 0 Å². The van der Waals surface area contributed by atoms with Crippen LogP contribution in [0.15, 0.2) is 36.2 Å². The molecule has 0 aliphatic rings. The van der Waals surface area contributed by atoms with E-state index in [1.165, 1.54) is 0 Å². The average Bonchev–Trinajstić information content (AvgIpc) is 2.19. The molecule has 1 aromatic rings. The molecule has 0 heterocycles. The fourth-order valence-electron chi connectivity index (χ4n) is 1.42. The Morgan fingerprint density at radius 3 is 2.57 bits per heavy atom. The first-order chi connectivity index (χ1) is 6.74. The largest absolute Gasteiger partial charge is 0.212 e. The van der Waals surface area contributed by atoms with Crippen LogP contribution in [0.4, 0.5) is 4.39 Å². The monoisotopic (exact) mass is 192 g/mol. The smallest absolute Gasteiger partial charge is 0.103 e. The molecule has 0 bridgehead atoms. The standard InChI is InChI=1S/C13H17F/c1-3-7-11(2)13(14)10-12-8-5-4-6-9-12/h4-6,8-11H,3,7H2,1-2H3/b13-10-. The Hall–Kier alpha value is -1.11. The summed E-state index contributed by atoms with van der Waals surface area (Å²) in [5.41, 5.74) is 0.938. The van der Waals surface area contributed by atoms with Gasteiger partial charge in [-0.15, -0.1) is 0 Å². The van der Waals surface area contributed by atoms with Crippen molar-refractivity contribution in [1.82, 2.24) is 0 Å². The highest BCUT2D eigenvalue weighted by Gasteiger charge is 2.06. The fourth-order valence-corrected chi connectivity index (χ4v) is 1.42. The highest BCUT2D eigenvalue weighted by Crippen LogP contribution is 2.20. The van der Waals surface area contributed by atoms with Gasteiger partial charge in [0.25, 0.3) is 0 Å². The van der Waals surface area contributed by atoms with Gasteiger partial charge in [-0.1, -0.05) is 50.6 Å². The summed E-state index contributed by atoms with van der Waals surface area (Å²) in [5, 5.41) is 0. The molecule has 0 saturated heterocycles. The predicted octanol–water partition coefficient (Wildman–Crippen LogP) is 4.43. The Balaban J connectivity index is 2.68. The number of rotatable bonds is 4. The highest BCUT2D eigenvalue weighted by molar-refractivity contribution is 5.51. The number of benzene rings is 1. The normalized spacial score (nSPS) is 14.1. The number of allylic oxidation sites excluding steroid dienone is 1. The second kappa shape index (κ2) is 5.58. The lowest BCUT2D eigenvalue weighted by molar-refractivity contribution is 0.470. The second-order valence-corrected chi connectivity index (χ2v) is 3.63. The van der Waals surface area contributed by atoms with Crippen molar-refractivity contribution in [3.8, 4) is 0 Å². The third-order valence-corrected chi connectivity index (χ3v) is 2.30. The second-order valence-electron chi connectivity index (χ2n) is 3.63. The van der Waals surface area contributed by atoms with Crippen LogP contribution in [0.25, 0.3) is 6.08 Å². The van der Waals surface area contributed by atoms with Crippen molar-refractivity contribution in [2.75, 3.05) is 0 Å². The van der Waals surface area contributed by atoms with Gasteiger partial charge in [0.15, 0.2) is 0 Å². The third kappa shape index (κ3) is 3.33. The molecule has 0 aliphatic heterocycles. The van der Waals surface area contributed by atoms with Crippen LogP contribution < -0.4 is 0 Å². The maximum absolute atomic E-state index is 13.5. The van der Waals surface area contributed by atoms with E-state index >= 15 is 0 Å². The topological polar surface area (TPSA) is 0 Å². The molecule has 1 heteroatoms. The van der Waals surface area contributed by atoms with E-state index in [0.717, 1.165) is 18.4 Å². The number of halogens is 1. The molecule has 0 fully saturated rings. The molecule has 1 rings (SSSR count). The molecule has 0 N–H and O–H groups in total. The fraction of sp³-hybridized carbons (Fsp3) is 0.385. The van der Waals surface area contributed by atoms with E-state index in [0.29, 0.717) is 0 Å². The molecular weight excluding hydrogens is 175 g/mol. The van der Waals surface area contributed by atoms with Crippen molar-refractivity contribution in [1.29, 1.82) is 0 Å². The quantitative estimate of drug-likeness (QED) is 0.661. The minimum absolute atomic E-state index is 0.0157. The van der Waals surface area contributed by atoms with Crippen molar-refractivity contribution in [3.05, 3.63) is 41.7 Å². The van der Waals surface area contributed by atoms with Gasteiger partial charge in [0, 0.05) is 5.92 Å². The molecule has 14 heavy (non-hydrogen) atoms. The van der Waals surface area contributed by atoms with Gasteiger partial charge in [-0.3, -0.25) is 0 Å². The summed E-state index contributed by atoms with van der Waals surface area (Å²) in [6.07, 6.45) is 3.56. The van der Waals surface area contributed by atoms with Gasteiger partial charge in [-0.05, 0) is 18.1 Å². The number of hydrogen-bond acceptors (Lipinski definition) is 0. The van der Waals surface area contributed by atoms with Crippen LogP contribution in [0, 0.1) is 5.92 Å². The summed E-state index contributed by atoms with van der Waals surface area (Å²) < 4.78 is 13.5. The van der Waals surface area contributed by atoms with E-state index < -0.39 is 0 Å². The lowest BCUT2D eigenvalue weighted by Crippen LogP contribution is -1.93. The molecule has 1 aromatic carbocycles. The average molecular weight is 192 g/mol. The van der Waals surface area contributed by atoms with Crippen LogP contribution in [0.2, 0.25) is 0 Å². The third-order valence-electron chi connectivity index (χ3n) is 2.30. The molecule has 0 radical (unpaired) electrons. The molecular formula is C13H17F. The summed E-state index contributed by atoms with van der Waals surface area (Å²) in [4.78, 5) is 0. The van der Waals surface area contributed by atoms with Crippen molar-refractivity contribution < 1.29 is 4.39 Å². The van der Waals surface area contributed by atoms with Crippen LogP contribution in [-0.4, -0.2) is 0 Å². The molecule has 0 aliphatic carbocycles. The Kier molecular flexibility index (Phi) is 4.37. The van der Waals surface area contributed by atoms with Crippen molar-refractivity contribution in [2.45, 2.75) is 26.7 Å². The Bertz CT molecular complexity index is 287. The molecule has 1 unspecified atom stereocenters.